The summed E-state index contributed by atoms with van der Waals surface area (Å²) in [7, 11) is 0. The van der Waals surface area contributed by atoms with Crippen molar-refractivity contribution in [2.24, 2.45) is 0 Å². The van der Waals surface area contributed by atoms with Gasteiger partial charge in [0.15, 0.2) is 0 Å². The molecule has 2 aliphatic rings. The number of fused-ring (bicyclic) bond motifs is 1. The summed E-state index contributed by atoms with van der Waals surface area (Å²) < 4.78 is 6.02. The van der Waals surface area contributed by atoms with E-state index in [-0.39, 0.29) is 18.0 Å². The number of hydrogen-bond acceptors (Lipinski definition) is 3. The van der Waals surface area contributed by atoms with E-state index in [1.807, 2.05) is 54.6 Å². The van der Waals surface area contributed by atoms with Crippen LogP contribution in [-0.4, -0.2) is 27.0 Å². The van der Waals surface area contributed by atoms with E-state index >= 15 is 0 Å². The van der Waals surface area contributed by atoms with E-state index in [1.54, 1.807) is 0 Å². The number of H-pyrrole nitrogens is 1. The summed E-state index contributed by atoms with van der Waals surface area (Å²) in [5.41, 5.74) is 5.50. The molecule has 0 spiro atoms. The van der Waals surface area contributed by atoms with Crippen LogP contribution in [0.5, 0.6) is 5.75 Å². The van der Waals surface area contributed by atoms with E-state index in [1.165, 1.54) is 6.42 Å². The van der Waals surface area contributed by atoms with Crippen molar-refractivity contribution in [3.63, 3.8) is 0 Å². The second-order valence-electron chi connectivity index (χ2n) is 9.62. The third-order valence-electron chi connectivity index (χ3n) is 7.33. The summed E-state index contributed by atoms with van der Waals surface area (Å²) >= 11 is 6.14. The van der Waals surface area contributed by atoms with Crippen molar-refractivity contribution in [3.8, 4) is 17.0 Å². The molecule has 4 aromatic rings. The lowest BCUT2D eigenvalue weighted by Crippen LogP contribution is -2.40. The zero-order valence-corrected chi connectivity index (χ0v) is 20.7. The molecule has 36 heavy (non-hydrogen) atoms. The van der Waals surface area contributed by atoms with Gasteiger partial charge in [-0.1, -0.05) is 85.5 Å². The van der Waals surface area contributed by atoms with Crippen molar-refractivity contribution in [3.05, 3.63) is 106 Å². The maximum Gasteiger partial charge on any atom is 0.273 e. The van der Waals surface area contributed by atoms with Gasteiger partial charge in [0, 0.05) is 22.2 Å². The number of aromatic amines is 1. The molecule has 2 heterocycles. The summed E-state index contributed by atoms with van der Waals surface area (Å²) in [6, 6.07) is 26.0. The van der Waals surface area contributed by atoms with Crippen LogP contribution < -0.4 is 4.74 Å². The van der Waals surface area contributed by atoms with Crippen molar-refractivity contribution in [2.75, 3.05) is 0 Å². The molecule has 1 N–H and O–H groups in total. The number of carbonyl (C=O) groups is 1. The molecule has 1 amide bonds. The molecular weight excluding hydrogens is 470 g/mol. The number of benzene rings is 3. The van der Waals surface area contributed by atoms with Gasteiger partial charge in [-0.2, -0.15) is 5.10 Å². The smallest absolute Gasteiger partial charge is 0.273 e. The summed E-state index contributed by atoms with van der Waals surface area (Å²) in [4.78, 5) is 15.8. The zero-order valence-electron chi connectivity index (χ0n) is 20.0. The molecule has 1 aromatic heterocycles. The summed E-state index contributed by atoms with van der Waals surface area (Å²) in [5.74, 6) is 0.848. The van der Waals surface area contributed by atoms with Crippen molar-refractivity contribution in [1.29, 1.82) is 0 Å². The number of aromatic nitrogens is 2. The Balaban J connectivity index is 1.35. The first-order valence-electron chi connectivity index (χ1n) is 12.6. The number of ether oxygens (including phenoxy) is 1. The molecule has 6 rings (SSSR count). The topological polar surface area (TPSA) is 58.2 Å². The highest BCUT2D eigenvalue weighted by atomic mass is 35.5. The van der Waals surface area contributed by atoms with E-state index in [4.69, 9.17) is 16.3 Å². The average molecular weight is 498 g/mol. The van der Waals surface area contributed by atoms with Gasteiger partial charge in [-0.25, -0.2) is 0 Å². The van der Waals surface area contributed by atoms with Crippen molar-refractivity contribution >= 4 is 17.5 Å². The molecule has 1 fully saturated rings. The van der Waals surface area contributed by atoms with Crippen LogP contribution >= 0.6 is 11.6 Å². The number of nitrogens with one attached hydrogen (secondary N) is 1. The van der Waals surface area contributed by atoms with Gasteiger partial charge >= 0.3 is 0 Å². The normalized spacial score (nSPS) is 17.9. The van der Waals surface area contributed by atoms with Gasteiger partial charge in [0.05, 0.1) is 11.7 Å². The van der Waals surface area contributed by atoms with E-state index in [2.05, 4.69) is 39.4 Å². The Bertz CT molecular complexity index is 1340. The fourth-order valence-corrected chi connectivity index (χ4v) is 5.67. The lowest BCUT2D eigenvalue weighted by atomic mass is 9.91. The zero-order chi connectivity index (χ0) is 24.5. The maximum absolute atomic E-state index is 13.7. The molecule has 0 bridgehead atoms. The lowest BCUT2D eigenvalue weighted by molar-refractivity contribution is 0.0606. The molecule has 182 valence electrons. The Labute approximate surface area is 216 Å². The monoisotopic (exact) mass is 497 g/mol. The molecule has 1 saturated carbocycles. The van der Waals surface area contributed by atoms with Gasteiger partial charge in [-0.15, -0.1) is 0 Å². The van der Waals surface area contributed by atoms with Gasteiger partial charge in [-0.3, -0.25) is 9.89 Å². The van der Waals surface area contributed by atoms with Crippen LogP contribution in [0.2, 0.25) is 5.02 Å². The minimum atomic E-state index is -0.191. The van der Waals surface area contributed by atoms with Crippen LogP contribution in [0.1, 0.15) is 65.3 Å². The van der Waals surface area contributed by atoms with E-state index < -0.39 is 0 Å². The highest BCUT2D eigenvalue weighted by molar-refractivity contribution is 6.30. The molecule has 0 radical (unpaired) electrons. The van der Waals surface area contributed by atoms with E-state index in [9.17, 15) is 4.79 Å². The number of rotatable bonds is 6. The Morgan fingerprint density at radius 3 is 2.36 bits per heavy atom. The summed E-state index contributed by atoms with van der Waals surface area (Å²) in [6.45, 7) is 0.517. The Hall–Kier alpha value is -3.57. The minimum Gasteiger partial charge on any atom is -0.489 e. The second kappa shape index (κ2) is 9.82. The summed E-state index contributed by atoms with van der Waals surface area (Å²) in [6.07, 6.45) is 5.62. The standard InChI is InChI=1S/C30H28ClN3O2/c31-23-15-11-21(12-16-23)27-26-28(33-32-27)30(35)34(24-9-5-2-6-10-24)29(26)22-13-17-25(18-14-22)36-19-20-7-3-1-4-8-20/h1,3-4,7-8,11-18,24,29H,2,5-6,9-10,19H2,(H,32,33). The van der Waals surface area contributed by atoms with E-state index in [0.717, 1.165) is 59.4 Å². The number of hydrogen-bond donors (Lipinski definition) is 1. The number of halogens is 1. The summed E-state index contributed by atoms with van der Waals surface area (Å²) in [5, 5.41) is 8.33. The molecular formula is C30H28ClN3O2. The minimum absolute atomic E-state index is 0.0408. The number of carbonyl (C=O) groups excluding carboxylic acids is 1. The molecule has 5 nitrogen and oxygen atoms in total. The highest BCUT2D eigenvalue weighted by Crippen LogP contribution is 2.46. The third-order valence-corrected chi connectivity index (χ3v) is 7.59. The predicted octanol–water partition coefficient (Wildman–Crippen LogP) is 7.19. The number of nitrogens with zero attached hydrogens (tertiary/aromatic N) is 2. The first-order chi connectivity index (χ1) is 17.7. The highest BCUT2D eigenvalue weighted by Gasteiger charge is 2.45. The largest absolute Gasteiger partial charge is 0.489 e. The van der Waals surface area contributed by atoms with Crippen LogP contribution in [-0.2, 0) is 6.61 Å². The predicted molar refractivity (Wildman–Crippen MR) is 141 cm³/mol. The molecule has 1 unspecified atom stereocenters. The third kappa shape index (κ3) is 4.28. The van der Waals surface area contributed by atoms with Gasteiger partial charge in [0.1, 0.15) is 18.1 Å². The molecule has 1 aliphatic heterocycles. The quantitative estimate of drug-likeness (QED) is 0.307. The molecule has 1 atom stereocenters. The first kappa shape index (κ1) is 22.9. The molecule has 6 heteroatoms. The molecule has 1 aliphatic carbocycles. The average Bonchev–Trinajstić information content (AvgIpc) is 3.48. The Morgan fingerprint density at radius 1 is 0.917 bits per heavy atom. The van der Waals surface area contributed by atoms with Crippen molar-refractivity contribution in [2.45, 2.75) is 50.8 Å². The van der Waals surface area contributed by atoms with Crippen LogP contribution in [0.15, 0.2) is 78.9 Å². The SMILES string of the molecule is O=C1c2[nH]nc(-c3ccc(Cl)cc3)c2C(c2ccc(OCc3ccccc3)cc2)N1C1CCCCC1. The van der Waals surface area contributed by atoms with Gasteiger partial charge in [0.2, 0.25) is 0 Å². The Morgan fingerprint density at radius 2 is 1.64 bits per heavy atom. The van der Waals surface area contributed by atoms with E-state index in [0.29, 0.717) is 17.3 Å². The molecule has 0 saturated heterocycles. The first-order valence-corrected chi connectivity index (χ1v) is 13.0. The van der Waals surface area contributed by atoms with Crippen molar-refractivity contribution < 1.29 is 9.53 Å². The second-order valence-corrected chi connectivity index (χ2v) is 10.1. The Kier molecular flexibility index (Phi) is 6.24. The fourth-order valence-electron chi connectivity index (χ4n) is 5.54. The van der Waals surface area contributed by atoms with Gasteiger partial charge in [0.25, 0.3) is 5.91 Å². The van der Waals surface area contributed by atoms with Crippen LogP contribution in [0, 0.1) is 0 Å². The molecule has 3 aromatic carbocycles. The number of amides is 1. The van der Waals surface area contributed by atoms with Crippen LogP contribution in [0.3, 0.4) is 0 Å². The fraction of sp³-hybridized carbons (Fsp3) is 0.267. The maximum atomic E-state index is 13.7. The lowest BCUT2D eigenvalue weighted by Gasteiger charge is -2.36. The van der Waals surface area contributed by atoms with Crippen molar-refractivity contribution in [1.82, 2.24) is 15.1 Å². The van der Waals surface area contributed by atoms with Gasteiger partial charge in [-0.05, 0) is 48.2 Å². The van der Waals surface area contributed by atoms with Gasteiger partial charge < -0.3 is 9.64 Å². The van der Waals surface area contributed by atoms with Crippen LogP contribution in [0.25, 0.3) is 11.3 Å². The van der Waals surface area contributed by atoms with Crippen LogP contribution in [0.4, 0.5) is 0 Å².